The SMILES string of the molecule is CC(Br)C(=O)OC(Oc1ccc([S+](c2ccccc2)c2ccccc2)cc1)C(C)C.CC(Br)C(=O)OC(Oc1ccc([S+](c2ccccc2)c2ccccc2)cc1)C1CC1.CC(OC(=O)C(C)Br)Oc1ccc([S+](c2ccccc2)c2ccccc2)cc1.CCC(OC(=O)C(C)Br)Oc1ccc([S+](c2ccccc2)c2ccccc2)cc1. The molecule has 1 aliphatic carbocycles. The predicted octanol–water partition coefficient (Wildman–Crippen LogP) is 24.7. The van der Waals surface area contributed by atoms with E-state index in [0.29, 0.717) is 23.7 Å². The number of esters is 4. The molecule has 8 unspecified atom stereocenters. The summed E-state index contributed by atoms with van der Waals surface area (Å²) in [5.41, 5.74) is 0. The highest BCUT2D eigenvalue weighted by molar-refractivity contribution is 9.10. The van der Waals surface area contributed by atoms with Gasteiger partial charge in [0, 0.05) is 25.2 Å². The fourth-order valence-electron chi connectivity index (χ4n) is 11.3. The summed E-state index contributed by atoms with van der Waals surface area (Å²) < 4.78 is 45.3. The second kappa shape index (κ2) is 47.0. The molecule has 12 aromatic rings. The van der Waals surface area contributed by atoms with Crippen LogP contribution in [0.25, 0.3) is 0 Å². The number of ether oxygens (including phenoxy) is 8. The van der Waals surface area contributed by atoms with Gasteiger partial charge in [-0.15, -0.1) is 0 Å². The molecule has 0 aromatic heterocycles. The lowest BCUT2D eigenvalue weighted by atomic mass is 10.2. The average molecular weight is 1900 g/mol. The van der Waals surface area contributed by atoms with Crippen molar-refractivity contribution in [3.63, 3.8) is 0 Å². The van der Waals surface area contributed by atoms with Crippen LogP contribution in [0.5, 0.6) is 23.0 Å². The van der Waals surface area contributed by atoms with Crippen LogP contribution in [-0.4, -0.2) is 68.3 Å². The van der Waals surface area contributed by atoms with E-state index >= 15 is 0 Å². The molecule has 0 bridgehead atoms. The lowest BCUT2D eigenvalue weighted by Crippen LogP contribution is -2.31. The first-order valence-electron chi connectivity index (χ1n) is 38.5. The van der Waals surface area contributed by atoms with Gasteiger partial charge in [-0.25, -0.2) is 0 Å². The van der Waals surface area contributed by atoms with Gasteiger partial charge in [-0.3, -0.25) is 19.2 Å². The number of carbonyl (C=O) groups is 4. The van der Waals surface area contributed by atoms with Crippen LogP contribution in [0, 0.1) is 11.8 Å². The monoisotopic (exact) mass is 1900 g/mol. The van der Waals surface area contributed by atoms with Crippen LogP contribution >= 0.6 is 63.7 Å². The zero-order valence-electron chi connectivity index (χ0n) is 66.3. The largest absolute Gasteiger partial charge is 0.455 e. The van der Waals surface area contributed by atoms with E-state index in [1.165, 1.54) is 58.7 Å². The molecule has 20 heteroatoms. The van der Waals surface area contributed by atoms with Gasteiger partial charge in [0.1, 0.15) is 42.3 Å². The normalized spacial score (nSPS) is 13.6. The first-order valence-corrected chi connectivity index (χ1v) is 47.1. The van der Waals surface area contributed by atoms with Crippen LogP contribution in [-0.2, 0) is 81.7 Å². The van der Waals surface area contributed by atoms with Crippen molar-refractivity contribution in [2.45, 2.75) is 178 Å². The van der Waals surface area contributed by atoms with E-state index in [9.17, 15) is 19.2 Å². The Morgan fingerprint density at radius 1 is 0.282 bits per heavy atom. The first-order chi connectivity index (χ1) is 56.7. The Kier molecular flexibility index (Phi) is 36.3. The summed E-state index contributed by atoms with van der Waals surface area (Å²) >= 11 is 12.9. The first kappa shape index (κ1) is 90.4. The topological polar surface area (TPSA) is 142 Å². The minimum Gasteiger partial charge on any atom is -0.455 e. The second-order valence-electron chi connectivity index (χ2n) is 27.0. The Hall–Kier alpha value is -8.96. The van der Waals surface area contributed by atoms with Crippen LogP contribution in [0.15, 0.2) is 398 Å². The highest BCUT2D eigenvalue weighted by atomic mass is 79.9. The van der Waals surface area contributed by atoms with Crippen LogP contribution in [0.4, 0.5) is 0 Å². The summed E-state index contributed by atoms with van der Waals surface area (Å²) in [6, 6.07) is 116. The molecule has 117 heavy (non-hydrogen) atoms. The zero-order valence-corrected chi connectivity index (χ0v) is 75.9. The number of halogens is 4. The Bertz CT molecular complexity index is 4610. The predicted molar refractivity (Wildman–Crippen MR) is 485 cm³/mol. The van der Waals surface area contributed by atoms with Gasteiger partial charge in [0.05, 0.1) is 43.6 Å². The standard InChI is InChI=1S/C25H24BrO3S.C25H26BrO3S.C24H24BrO3S.C23H22BrO3S/c1-18(26)24(27)29-25(19-12-13-19)28-20-14-16-23(17-15-20)30(21-8-4-2-5-9-21)22-10-6-3-7-11-22;1-18(2)25(29-24(27)19(3)26)28-20-14-16-23(17-15-20)30(21-10-6-4-7-11-21)22-12-8-5-9-13-22;1-3-23(28-24(26)18(2)25)27-19-14-16-22(17-15-19)29(20-10-6-4-7-11-20)21-12-8-5-9-13-21;1-17(24)23(25)27-18(2)26-19-13-15-22(16-14-19)28(20-9-5-3-6-10-20)21-11-7-4-8-12-21/h2-11,14-19,25H,12-13H2,1H3;4-19,25H,1-3H3;4-18,23H,3H2,1-2H3;3-18H,1-2H3/q4*+1. The molecule has 12 nitrogen and oxygen atoms in total. The third kappa shape index (κ3) is 28.4. The molecule has 0 aliphatic heterocycles. The molecule has 1 fully saturated rings. The van der Waals surface area contributed by atoms with Crippen LogP contribution in [0.3, 0.4) is 0 Å². The fourth-order valence-corrected chi connectivity index (χ4v) is 20.1. The van der Waals surface area contributed by atoms with Crippen molar-refractivity contribution in [2.75, 3.05) is 0 Å². The molecule has 604 valence electrons. The van der Waals surface area contributed by atoms with E-state index < -0.39 is 25.2 Å². The highest BCUT2D eigenvalue weighted by Gasteiger charge is 2.38. The number of hydrogen-bond acceptors (Lipinski definition) is 12. The molecule has 0 saturated heterocycles. The number of carbonyl (C=O) groups excluding carboxylic acids is 4. The van der Waals surface area contributed by atoms with Crippen LogP contribution in [0.1, 0.15) is 74.7 Å². The van der Waals surface area contributed by atoms with E-state index in [1.54, 1.807) is 34.6 Å². The van der Waals surface area contributed by atoms with Crippen molar-refractivity contribution < 1.29 is 57.1 Å². The molecular weight excluding hydrogens is 1800 g/mol. The Labute approximate surface area is 734 Å². The zero-order chi connectivity index (χ0) is 83.0. The third-order valence-electron chi connectivity index (χ3n) is 17.3. The maximum Gasteiger partial charge on any atom is 0.322 e. The summed E-state index contributed by atoms with van der Waals surface area (Å²) in [5, 5.41) is 0. The summed E-state index contributed by atoms with van der Waals surface area (Å²) in [6.07, 6.45) is 0.214. The Morgan fingerprint density at radius 3 is 0.752 bits per heavy atom. The summed E-state index contributed by atoms with van der Waals surface area (Å²) in [4.78, 5) is 60.9. The average Bonchev–Trinajstić information content (AvgIpc) is 1.72. The summed E-state index contributed by atoms with van der Waals surface area (Å²) in [5.74, 6) is 1.75. The van der Waals surface area contributed by atoms with E-state index in [-0.39, 0.29) is 98.6 Å². The van der Waals surface area contributed by atoms with Gasteiger partial charge < -0.3 is 37.9 Å². The molecule has 8 atom stereocenters. The molecule has 1 saturated carbocycles. The smallest absolute Gasteiger partial charge is 0.322 e. The number of benzene rings is 12. The maximum absolute atomic E-state index is 12.0. The molecule has 12 aromatic carbocycles. The minimum absolute atomic E-state index is 0.0307. The van der Waals surface area contributed by atoms with Crippen molar-refractivity contribution in [2.24, 2.45) is 11.8 Å². The lowest BCUT2D eigenvalue weighted by Gasteiger charge is -2.23. The van der Waals surface area contributed by atoms with E-state index in [1.807, 2.05) is 118 Å². The van der Waals surface area contributed by atoms with Gasteiger partial charge in [0.25, 0.3) is 0 Å². The second-order valence-corrected chi connectivity index (χ2v) is 40.6. The molecule has 13 rings (SSSR count). The van der Waals surface area contributed by atoms with Crippen molar-refractivity contribution in [1.29, 1.82) is 0 Å². The number of hydrogen-bond donors (Lipinski definition) is 0. The molecule has 0 heterocycles. The summed E-state index contributed by atoms with van der Waals surface area (Å²) in [7, 11) is -0.799. The van der Waals surface area contributed by atoms with Gasteiger partial charge in [-0.05, 0) is 235 Å². The van der Waals surface area contributed by atoms with E-state index in [0.717, 1.165) is 18.6 Å². The van der Waals surface area contributed by atoms with Gasteiger partial charge >= 0.3 is 23.9 Å². The van der Waals surface area contributed by atoms with Gasteiger partial charge in [0.15, 0.2) is 58.7 Å². The van der Waals surface area contributed by atoms with Crippen LogP contribution < -0.4 is 18.9 Å². The lowest BCUT2D eigenvalue weighted by molar-refractivity contribution is -0.168. The van der Waals surface area contributed by atoms with Crippen molar-refractivity contribution in [3.05, 3.63) is 340 Å². The fraction of sp³-hybridized carbons (Fsp3) is 0.216. The molecule has 0 amide bonds. The Balaban J connectivity index is 0.000000165. The van der Waals surface area contributed by atoms with Gasteiger partial charge in [-0.2, -0.15) is 0 Å². The maximum atomic E-state index is 12.0. The molecule has 0 spiro atoms. The van der Waals surface area contributed by atoms with E-state index in [4.69, 9.17) is 37.9 Å². The number of alkyl halides is 4. The van der Waals surface area contributed by atoms with E-state index in [2.05, 4.69) is 306 Å². The minimum atomic E-state index is -0.653. The number of rotatable bonds is 31. The molecule has 0 radical (unpaired) electrons. The van der Waals surface area contributed by atoms with Crippen molar-refractivity contribution in [1.82, 2.24) is 0 Å². The quantitative estimate of drug-likeness (QED) is 0.0134. The molecule has 0 N–H and O–H groups in total. The van der Waals surface area contributed by atoms with Gasteiger partial charge in [0.2, 0.25) is 25.2 Å². The molecular formula is C97H96Br4O12S4+4. The Morgan fingerprint density at radius 2 is 0.504 bits per heavy atom. The van der Waals surface area contributed by atoms with Gasteiger partial charge in [-0.1, -0.05) is 230 Å². The van der Waals surface area contributed by atoms with Crippen molar-refractivity contribution in [3.8, 4) is 23.0 Å². The third-order valence-corrected chi connectivity index (χ3v) is 27.7. The van der Waals surface area contributed by atoms with Crippen LogP contribution in [0.2, 0.25) is 0 Å². The van der Waals surface area contributed by atoms with Crippen molar-refractivity contribution >= 4 is 131 Å². The highest BCUT2D eigenvalue weighted by Crippen LogP contribution is 2.40. The summed E-state index contributed by atoms with van der Waals surface area (Å²) in [6.45, 7) is 14.5. The molecule has 1 aliphatic rings.